The first-order valence-corrected chi connectivity index (χ1v) is 13.1. The molecule has 0 spiro atoms. The average molecular weight is 549 g/mol. The molecule has 0 atom stereocenters. The minimum atomic E-state index is -0.888. The second-order valence-electron chi connectivity index (χ2n) is 8.70. The third-order valence-corrected chi connectivity index (χ3v) is 5.47. The highest BCUT2D eigenvalue weighted by Gasteiger charge is 2.13. The van der Waals surface area contributed by atoms with Crippen LogP contribution >= 0.6 is 0 Å². The first-order valence-electron chi connectivity index (χ1n) is 13.1. The monoisotopic (exact) mass is 548 g/mol. The van der Waals surface area contributed by atoms with Crippen molar-refractivity contribution in [3.63, 3.8) is 0 Å². The van der Waals surface area contributed by atoms with E-state index in [0.29, 0.717) is 105 Å². The summed E-state index contributed by atoms with van der Waals surface area (Å²) in [6.07, 6.45) is 0.790. The largest absolute Gasteiger partial charge is 0.481 e. The lowest BCUT2D eigenvalue weighted by molar-refractivity contribution is -0.138. The summed E-state index contributed by atoms with van der Waals surface area (Å²) >= 11 is 0. The highest BCUT2D eigenvalue weighted by atomic mass is 16.5. The Morgan fingerprint density at radius 2 is 0.868 bits per heavy atom. The van der Waals surface area contributed by atoms with Gasteiger partial charge in [0.2, 0.25) is 11.8 Å². The molecule has 1 saturated heterocycles. The van der Waals surface area contributed by atoms with Crippen molar-refractivity contribution in [2.24, 2.45) is 0 Å². The molecule has 1 heterocycles. The molecule has 0 aliphatic carbocycles. The lowest BCUT2D eigenvalue weighted by Crippen LogP contribution is -2.41. The van der Waals surface area contributed by atoms with Crippen molar-refractivity contribution < 1.29 is 48.3 Å². The number of amides is 2. The quantitative estimate of drug-likeness (QED) is 0.211. The zero-order chi connectivity index (χ0) is 27.8. The Labute approximate surface area is 223 Å². The van der Waals surface area contributed by atoms with Gasteiger partial charge in [0.25, 0.3) is 0 Å². The van der Waals surface area contributed by atoms with Gasteiger partial charge in [-0.1, -0.05) is 0 Å². The third kappa shape index (κ3) is 20.7. The summed E-state index contributed by atoms with van der Waals surface area (Å²) in [5.41, 5.74) is 0. The normalized spacial score (nSPS) is 18.1. The van der Waals surface area contributed by atoms with Crippen LogP contribution in [0, 0.1) is 0 Å². The summed E-state index contributed by atoms with van der Waals surface area (Å²) in [6, 6.07) is 0. The zero-order valence-electron chi connectivity index (χ0n) is 22.2. The Hall–Kier alpha value is -2.36. The first-order chi connectivity index (χ1) is 18.4. The molecule has 14 nitrogen and oxygen atoms in total. The third-order valence-electron chi connectivity index (χ3n) is 5.47. The van der Waals surface area contributed by atoms with Crippen LogP contribution in [0.15, 0.2) is 0 Å². The van der Waals surface area contributed by atoms with Gasteiger partial charge in [0, 0.05) is 52.1 Å². The number of ether oxygens (including phenoxy) is 4. The van der Waals surface area contributed by atoms with Gasteiger partial charge in [-0.2, -0.15) is 0 Å². The molecule has 0 aromatic rings. The molecule has 0 bridgehead atoms. The number of hydrogen-bond donors (Lipinski definition) is 4. The molecule has 14 heteroatoms. The van der Waals surface area contributed by atoms with Gasteiger partial charge in [0.05, 0.1) is 65.9 Å². The van der Waals surface area contributed by atoms with Crippen molar-refractivity contribution in [3.05, 3.63) is 0 Å². The molecule has 4 N–H and O–H groups in total. The summed E-state index contributed by atoms with van der Waals surface area (Å²) in [7, 11) is 0. The van der Waals surface area contributed by atoms with Gasteiger partial charge < -0.3 is 39.8 Å². The number of nitrogens with zero attached hydrogens (tertiary/aromatic N) is 2. The fourth-order valence-electron chi connectivity index (χ4n) is 3.41. The van der Waals surface area contributed by atoms with Crippen molar-refractivity contribution in [1.29, 1.82) is 0 Å². The first kappa shape index (κ1) is 33.7. The maximum Gasteiger partial charge on any atom is 0.303 e. The van der Waals surface area contributed by atoms with E-state index in [1.807, 2.05) is 9.80 Å². The molecule has 220 valence electrons. The molecule has 0 unspecified atom stereocenters. The van der Waals surface area contributed by atoms with Crippen LogP contribution in [0.25, 0.3) is 0 Å². The number of aliphatic carboxylic acids is 2. The van der Waals surface area contributed by atoms with Crippen molar-refractivity contribution in [3.8, 4) is 0 Å². The molecule has 1 aliphatic rings. The maximum atomic E-state index is 12.2. The van der Waals surface area contributed by atoms with E-state index in [1.54, 1.807) is 0 Å². The Kier molecular flexibility index (Phi) is 20.0. The van der Waals surface area contributed by atoms with Gasteiger partial charge in [0.1, 0.15) is 0 Å². The van der Waals surface area contributed by atoms with Crippen molar-refractivity contribution >= 4 is 23.8 Å². The van der Waals surface area contributed by atoms with E-state index in [2.05, 4.69) is 10.6 Å². The summed E-state index contributed by atoms with van der Waals surface area (Å²) in [5, 5.41) is 22.8. The number of carboxylic acid groups (broad SMARTS) is 2. The Bertz CT molecular complexity index is 607. The van der Waals surface area contributed by atoms with Crippen LogP contribution in [0.3, 0.4) is 0 Å². The molecule has 1 fully saturated rings. The van der Waals surface area contributed by atoms with Gasteiger partial charge in [-0.25, -0.2) is 0 Å². The van der Waals surface area contributed by atoms with Crippen LogP contribution in [0.1, 0.15) is 25.7 Å². The molecule has 1 rings (SSSR count). The molecule has 38 heavy (non-hydrogen) atoms. The fraction of sp³-hybridized carbons (Fsp3) is 0.833. The van der Waals surface area contributed by atoms with Crippen LogP contribution in [0.4, 0.5) is 0 Å². The smallest absolute Gasteiger partial charge is 0.303 e. The molecular formula is C24H44N4O10. The Morgan fingerprint density at radius 1 is 0.553 bits per heavy atom. The molecular weight excluding hydrogens is 504 g/mol. The zero-order valence-corrected chi connectivity index (χ0v) is 22.2. The van der Waals surface area contributed by atoms with Crippen LogP contribution in [-0.4, -0.2) is 149 Å². The standard InChI is InChI=1S/C24H44N4O10/c29-21(25-5-1-3-23(31)32)19-27-7-11-35-15-17-37-13-9-28(10-14-38-18-16-36-12-8-27)20-22(30)26-6-2-4-24(33)34/h1-20H2,(H,25,29)(H,26,30)(H,31,32)(H,33,34). The van der Waals surface area contributed by atoms with Crippen LogP contribution in [0.5, 0.6) is 0 Å². The van der Waals surface area contributed by atoms with E-state index < -0.39 is 11.9 Å². The molecule has 0 aromatic carbocycles. The van der Waals surface area contributed by atoms with E-state index in [1.165, 1.54) is 0 Å². The number of rotatable bonds is 12. The van der Waals surface area contributed by atoms with Gasteiger partial charge in [-0.3, -0.25) is 29.0 Å². The van der Waals surface area contributed by atoms with E-state index in [4.69, 9.17) is 29.2 Å². The van der Waals surface area contributed by atoms with Crippen LogP contribution in [0.2, 0.25) is 0 Å². The van der Waals surface area contributed by atoms with Crippen LogP contribution < -0.4 is 10.6 Å². The van der Waals surface area contributed by atoms with Crippen molar-refractivity contribution in [1.82, 2.24) is 20.4 Å². The van der Waals surface area contributed by atoms with Gasteiger partial charge in [0.15, 0.2) is 0 Å². The van der Waals surface area contributed by atoms with Gasteiger partial charge in [-0.05, 0) is 12.8 Å². The van der Waals surface area contributed by atoms with E-state index in [-0.39, 0.29) is 37.7 Å². The number of nitrogens with one attached hydrogen (secondary N) is 2. The molecule has 0 saturated carbocycles. The summed E-state index contributed by atoms with van der Waals surface area (Å²) in [6.45, 7) is 6.25. The number of carbonyl (C=O) groups is 4. The van der Waals surface area contributed by atoms with E-state index in [0.717, 1.165) is 0 Å². The molecule has 0 aromatic heterocycles. The van der Waals surface area contributed by atoms with E-state index in [9.17, 15) is 19.2 Å². The highest BCUT2D eigenvalue weighted by molar-refractivity contribution is 5.78. The minimum absolute atomic E-state index is 0.0133. The topological polar surface area (TPSA) is 176 Å². The Balaban J connectivity index is 2.38. The predicted octanol–water partition coefficient (Wildman–Crippen LogP) is -1.37. The van der Waals surface area contributed by atoms with E-state index >= 15 is 0 Å². The Morgan fingerprint density at radius 3 is 1.16 bits per heavy atom. The molecule has 1 aliphatic heterocycles. The average Bonchev–Trinajstić information content (AvgIpc) is 2.86. The summed E-state index contributed by atoms with van der Waals surface area (Å²) in [5.74, 6) is -2.13. The van der Waals surface area contributed by atoms with Gasteiger partial charge >= 0.3 is 11.9 Å². The second kappa shape index (κ2) is 22.6. The maximum absolute atomic E-state index is 12.2. The summed E-state index contributed by atoms with van der Waals surface area (Å²) < 4.78 is 22.5. The fourth-order valence-corrected chi connectivity index (χ4v) is 3.41. The lowest BCUT2D eigenvalue weighted by atomic mass is 10.3. The molecule has 0 radical (unpaired) electrons. The lowest BCUT2D eigenvalue weighted by Gasteiger charge is -2.23. The summed E-state index contributed by atoms with van der Waals surface area (Å²) in [4.78, 5) is 49.4. The highest BCUT2D eigenvalue weighted by Crippen LogP contribution is 1.95. The number of hydrogen-bond acceptors (Lipinski definition) is 10. The SMILES string of the molecule is O=C(O)CCCNC(=O)CN1CCOCCOCCN(CC(=O)NCCCC(=O)O)CCOCCOCC1. The van der Waals surface area contributed by atoms with Gasteiger partial charge in [-0.15, -0.1) is 0 Å². The second-order valence-corrected chi connectivity index (χ2v) is 8.70. The molecule has 2 amide bonds. The minimum Gasteiger partial charge on any atom is -0.481 e. The number of carboxylic acids is 2. The predicted molar refractivity (Wildman–Crippen MR) is 136 cm³/mol. The number of carbonyl (C=O) groups excluding carboxylic acids is 2. The van der Waals surface area contributed by atoms with Crippen LogP contribution in [-0.2, 0) is 38.1 Å². The van der Waals surface area contributed by atoms with Crippen molar-refractivity contribution in [2.45, 2.75) is 25.7 Å². The van der Waals surface area contributed by atoms with Crippen molar-refractivity contribution in [2.75, 3.05) is 105 Å².